The van der Waals surface area contributed by atoms with Crippen molar-refractivity contribution < 1.29 is 41.4 Å². The van der Waals surface area contributed by atoms with E-state index in [9.17, 15) is 27.2 Å². The molecule has 1 aromatic carbocycles. The van der Waals surface area contributed by atoms with Crippen LogP contribution in [0.3, 0.4) is 0 Å². The summed E-state index contributed by atoms with van der Waals surface area (Å²) in [5.74, 6) is -4.15. The minimum absolute atomic E-state index is 0.132. The standard InChI is InChI=1S/C18H15F4N3O5/c1-28-17(27)12(20)13-10(18-29-5-6-30-18)15(24-7-23-13)25-16(26)9-4-2-3-8(11(9)19)14(21)22/h2-4,7,12,14,18H,5-6H2,1H3,(H,23,24,25,26). The number of aromatic nitrogens is 2. The smallest absolute Gasteiger partial charge is 0.346 e. The van der Waals surface area contributed by atoms with Crippen molar-refractivity contribution >= 4 is 17.7 Å². The summed E-state index contributed by atoms with van der Waals surface area (Å²) in [6.45, 7) is 0.263. The summed E-state index contributed by atoms with van der Waals surface area (Å²) in [4.78, 5) is 31.7. The van der Waals surface area contributed by atoms with E-state index in [2.05, 4.69) is 20.0 Å². The van der Waals surface area contributed by atoms with E-state index in [1.54, 1.807) is 0 Å². The van der Waals surface area contributed by atoms with E-state index in [1.165, 1.54) is 0 Å². The molecule has 8 nitrogen and oxygen atoms in total. The number of hydrogen-bond acceptors (Lipinski definition) is 7. The van der Waals surface area contributed by atoms with Crippen molar-refractivity contribution in [1.29, 1.82) is 0 Å². The molecule has 3 rings (SSSR count). The van der Waals surface area contributed by atoms with Gasteiger partial charge >= 0.3 is 5.97 Å². The van der Waals surface area contributed by atoms with Gasteiger partial charge in [0.15, 0.2) is 6.29 Å². The van der Waals surface area contributed by atoms with Gasteiger partial charge in [0.1, 0.15) is 18.0 Å². The quantitative estimate of drug-likeness (QED) is 0.557. The molecule has 1 atom stereocenters. The van der Waals surface area contributed by atoms with Crippen LogP contribution in [-0.4, -0.2) is 42.2 Å². The first kappa shape index (κ1) is 21.6. The molecule has 30 heavy (non-hydrogen) atoms. The number of carbonyl (C=O) groups is 2. The van der Waals surface area contributed by atoms with E-state index in [0.29, 0.717) is 0 Å². The first-order valence-corrected chi connectivity index (χ1v) is 8.53. The molecule has 1 amide bonds. The fraction of sp³-hybridized carbons (Fsp3) is 0.333. The molecule has 0 saturated carbocycles. The van der Waals surface area contributed by atoms with Crippen LogP contribution in [0.1, 0.15) is 46.1 Å². The Bertz CT molecular complexity index is 953. The minimum Gasteiger partial charge on any atom is -0.467 e. The number of hydrogen-bond donors (Lipinski definition) is 1. The zero-order valence-corrected chi connectivity index (χ0v) is 15.4. The fourth-order valence-electron chi connectivity index (χ4n) is 2.75. The molecule has 1 aliphatic rings. The summed E-state index contributed by atoms with van der Waals surface area (Å²) in [6.07, 6.45) is -5.86. The number of halogens is 4. The van der Waals surface area contributed by atoms with Crippen molar-refractivity contribution in [2.75, 3.05) is 25.6 Å². The van der Waals surface area contributed by atoms with Crippen LogP contribution in [0.4, 0.5) is 23.4 Å². The monoisotopic (exact) mass is 429 g/mol. The van der Waals surface area contributed by atoms with E-state index < -0.39 is 53.4 Å². The van der Waals surface area contributed by atoms with Crippen LogP contribution >= 0.6 is 0 Å². The first-order valence-electron chi connectivity index (χ1n) is 8.53. The molecule has 1 fully saturated rings. The van der Waals surface area contributed by atoms with Gasteiger partial charge in [-0.05, 0) is 6.07 Å². The molecule has 1 saturated heterocycles. The lowest BCUT2D eigenvalue weighted by Crippen LogP contribution is -2.21. The lowest BCUT2D eigenvalue weighted by atomic mass is 10.1. The van der Waals surface area contributed by atoms with Gasteiger partial charge in [0.2, 0.25) is 6.17 Å². The third-order valence-electron chi connectivity index (χ3n) is 4.16. The Kier molecular flexibility index (Phi) is 6.57. The normalized spacial score (nSPS) is 15.3. The highest BCUT2D eigenvalue weighted by Gasteiger charge is 2.34. The summed E-state index contributed by atoms with van der Waals surface area (Å²) in [7, 11) is 0.972. The van der Waals surface area contributed by atoms with E-state index in [1.807, 2.05) is 0 Å². The number of carbonyl (C=O) groups excluding carboxylic acids is 2. The minimum atomic E-state index is -3.13. The van der Waals surface area contributed by atoms with Gasteiger partial charge in [0, 0.05) is 0 Å². The zero-order valence-electron chi connectivity index (χ0n) is 15.4. The van der Waals surface area contributed by atoms with Gasteiger partial charge in [0.05, 0.1) is 42.7 Å². The van der Waals surface area contributed by atoms with Crippen LogP contribution < -0.4 is 5.32 Å². The SMILES string of the molecule is COC(=O)C(F)c1ncnc(NC(=O)c2cccc(C(F)F)c2F)c1C1OCCO1. The zero-order chi connectivity index (χ0) is 21.8. The molecule has 1 unspecified atom stereocenters. The summed E-state index contributed by atoms with van der Waals surface area (Å²) < 4.78 is 69.6. The predicted molar refractivity (Wildman–Crippen MR) is 91.9 cm³/mol. The number of methoxy groups -OCH3 is 1. The van der Waals surface area contributed by atoms with E-state index in [4.69, 9.17) is 9.47 Å². The third kappa shape index (κ3) is 4.24. The number of amides is 1. The highest BCUT2D eigenvalue weighted by Crippen LogP contribution is 2.35. The molecule has 160 valence electrons. The Morgan fingerprint density at radius 1 is 1.20 bits per heavy atom. The largest absolute Gasteiger partial charge is 0.467 e. The highest BCUT2D eigenvalue weighted by molar-refractivity contribution is 6.04. The third-order valence-corrected chi connectivity index (χ3v) is 4.16. The fourth-order valence-corrected chi connectivity index (χ4v) is 2.75. The molecule has 2 heterocycles. The number of nitrogens with zero attached hydrogens (tertiary/aromatic N) is 2. The van der Waals surface area contributed by atoms with Crippen molar-refractivity contribution in [2.45, 2.75) is 18.9 Å². The van der Waals surface area contributed by atoms with Gasteiger partial charge in [-0.1, -0.05) is 12.1 Å². The molecule has 1 N–H and O–H groups in total. The molecule has 0 radical (unpaired) electrons. The van der Waals surface area contributed by atoms with Crippen molar-refractivity contribution in [3.63, 3.8) is 0 Å². The Morgan fingerprint density at radius 2 is 1.90 bits per heavy atom. The van der Waals surface area contributed by atoms with Gasteiger partial charge in [-0.2, -0.15) is 0 Å². The van der Waals surface area contributed by atoms with Crippen LogP contribution in [0.15, 0.2) is 24.5 Å². The number of ether oxygens (including phenoxy) is 3. The van der Waals surface area contributed by atoms with Gasteiger partial charge in [0.25, 0.3) is 12.3 Å². The van der Waals surface area contributed by atoms with Crippen molar-refractivity contribution in [3.8, 4) is 0 Å². The first-order chi connectivity index (χ1) is 14.3. The molecule has 2 aromatic rings. The number of rotatable bonds is 6. The second-order valence-electron chi connectivity index (χ2n) is 5.94. The van der Waals surface area contributed by atoms with Crippen LogP contribution in [0.25, 0.3) is 0 Å². The summed E-state index contributed by atoms with van der Waals surface area (Å²) >= 11 is 0. The van der Waals surface area contributed by atoms with Crippen LogP contribution in [-0.2, 0) is 19.0 Å². The lowest BCUT2D eigenvalue weighted by Gasteiger charge is -2.19. The second kappa shape index (κ2) is 9.13. The number of alkyl halides is 3. The molecule has 1 aliphatic heterocycles. The molecule has 0 spiro atoms. The van der Waals surface area contributed by atoms with Crippen LogP contribution in [0.2, 0.25) is 0 Å². The Morgan fingerprint density at radius 3 is 2.53 bits per heavy atom. The molecule has 12 heteroatoms. The summed E-state index contributed by atoms with van der Waals surface area (Å²) in [5, 5.41) is 2.21. The summed E-state index contributed by atoms with van der Waals surface area (Å²) in [5.41, 5.74) is -2.34. The average molecular weight is 429 g/mol. The maximum absolute atomic E-state index is 14.6. The number of anilines is 1. The second-order valence-corrected chi connectivity index (χ2v) is 5.94. The molecule has 1 aromatic heterocycles. The predicted octanol–water partition coefficient (Wildman–Crippen LogP) is 3.03. The van der Waals surface area contributed by atoms with Gasteiger partial charge < -0.3 is 19.5 Å². The van der Waals surface area contributed by atoms with E-state index in [-0.39, 0.29) is 24.6 Å². The Hall–Kier alpha value is -3.12. The van der Waals surface area contributed by atoms with Gasteiger partial charge in [-0.15, -0.1) is 0 Å². The molecular formula is C18H15F4N3O5. The van der Waals surface area contributed by atoms with Gasteiger partial charge in [-0.3, -0.25) is 4.79 Å². The maximum atomic E-state index is 14.6. The van der Waals surface area contributed by atoms with Crippen molar-refractivity contribution in [1.82, 2.24) is 9.97 Å². The number of benzene rings is 1. The summed E-state index contributed by atoms with van der Waals surface area (Å²) in [6, 6.07) is 2.92. The average Bonchev–Trinajstić information content (AvgIpc) is 3.26. The molecule has 0 aliphatic carbocycles. The highest BCUT2D eigenvalue weighted by atomic mass is 19.3. The van der Waals surface area contributed by atoms with Crippen LogP contribution in [0.5, 0.6) is 0 Å². The molecular weight excluding hydrogens is 414 g/mol. The molecule has 0 bridgehead atoms. The van der Waals surface area contributed by atoms with Gasteiger partial charge in [-0.25, -0.2) is 32.3 Å². The number of nitrogens with one attached hydrogen (secondary N) is 1. The lowest BCUT2D eigenvalue weighted by molar-refractivity contribution is -0.147. The topological polar surface area (TPSA) is 99.6 Å². The maximum Gasteiger partial charge on any atom is 0.346 e. The van der Waals surface area contributed by atoms with Crippen molar-refractivity contribution in [3.05, 3.63) is 52.7 Å². The van der Waals surface area contributed by atoms with E-state index >= 15 is 0 Å². The Balaban J connectivity index is 2.01. The van der Waals surface area contributed by atoms with E-state index in [0.717, 1.165) is 31.6 Å². The Labute approximate surface area is 167 Å². The van der Waals surface area contributed by atoms with Crippen LogP contribution in [0, 0.1) is 5.82 Å². The van der Waals surface area contributed by atoms with Crippen molar-refractivity contribution in [2.24, 2.45) is 0 Å². The number of esters is 1.